The van der Waals surface area contributed by atoms with E-state index in [4.69, 9.17) is 4.74 Å². The monoisotopic (exact) mass is 235 g/mol. The van der Waals surface area contributed by atoms with Crippen LogP contribution in [-0.4, -0.2) is 19.7 Å². The average molecular weight is 235 g/mol. The number of ether oxygens (including phenoxy) is 1. The van der Waals surface area contributed by atoms with Crippen LogP contribution in [0.5, 0.6) is 5.75 Å². The Kier molecular flexibility index (Phi) is 3.02. The molecule has 2 aliphatic heterocycles. The van der Waals surface area contributed by atoms with Gasteiger partial charge in [-0.05, 0) is 55.1 Å². The van der Waals surface area contributed by atoms with Gasteiger partial charge in [0, 0.05) is 6.42 Å². The molecule has 0 amide bonds. The highest BCUT2D eigenvalue weighted by atomic mass is 19.1. The Morgan fingerprint density at radius 3 is 2.94 bits per heavy atom. The van der Waals surface area contributed by atoms with Crippen LogP contribution in [0.1, 0.15) is 30.1 Å². The van der Waals surface area contributed by atoms with Crippen molar-refractivity contribution in [3.05, 3.63) is 29.3 Å². The molecule has 0 saturated carbocycles. The number of benzene rings is 1. The summed E-state index contributed by atoms with van der Waals surface area (Å²) in [4.78, 5) is 0. The number of hydrogen-bond donors (Lipinski definition) is 1. The van der Waals surface area contributed by atoms with Gasteiger partial charge in [0.05, 0.1) is 6.61 Å². The highest BCUT2D eigenvalue weighted by Gasteiger charge is 2.25. The molecule has 0 aromatic heterocycles. The van der Waals surface area contributed by atoms with Crippen LogP contribution in [0, 0.1) is 5.92 Å². The van der Waals surface area contributed by atoms with E-state index >= 15 is 0 Å². The van der Waals surface area contributed by atoms with Crippen LogP contribution < -0.4 is 10.1 Å². The molecule has 1 aromatic rings. The summed E-state index contributed by atoms with van der Waals surface area (Å²) in [6.07, 6.45) is 1.98. The van der Waals surface area contributed by atoms with Crippen LogP contribution >= 0.6 is 0 Å². The van der Waals surface area contributed by atoms with Crippen molar-refractivity contribution in [1.29, 1.82) is 0 Å². The summed E-state index contributed by atoms with van der Waals surface area (Å²) in [5.74, 6) is 1.11. The van der Waals surface area contributed by atoms with E-state index in [1.165, 1.54) is 5.56 Å². The van der Waals surface area contributed by atoms with Crippen LogP contribution in [0.4, 0.5) is 4.39 Å². The number of halogens is 1. The van der Waals surface area contributed by atoms with Gasteiger partial charge >= 0.3 is 0 Å². The van der Waals surface area contributed by atoms with Gasteiger partial charge in [0.15, 0.2) is 0 Å². The van der Waals surface area contributed by atoms with E-state index in [0.717, 1.165) is 50.3 Å². The first-order valence-electron chi connectivity index (χ1n) is 6.45. The van der Waals surface area contributed by atoms with Crippen molar-refractivity contribution in [3.8, 4) is 5.75 Å². The molecule has 0 aliphatic carbocycles. The quantitative estimate of drug-likeness (QED) is 0.851. The standard InChI is InChI=1S/C14H18FNO/c15-14(10-3-6-16-7-4-10)12-1-2-13-11(9-12)5-8-17-13/h1-2,9-10,14,16H,3-8H2. The molecule has 3 heteroatoms. The molecule has 3 rings (SSSR count). The molecule has 92 valence electrons. The molecule has 1 fully saturated rings. The smallest absolute Gasteiger partial charge is 0.128 e. The molecular weight excluding hydrogens is 217 g/mol. The van der Waals surface area contributed by atoms with Crippen LogP contribution in [0.25, 0.3) is 0 Å². The number of alkyl halides is 1. The number of hydrogen-bond acceptors (Lipinski definition) is 2. The maximum atomic E-state index is 14.4. The summed E-state index contributed by atoms with van der Waals surface area (Å²) in [6.45, 7) is 2.63. The fraction of sp³-hybridized carbons (Fsp3) is 0.571. The average Bonchev–Trinajstić information content (AvgIpc) is 2.86. The van der Waals surface area contributed by atoms with Gasteiger partial charge in [0.25, 0.3) is 0 Å². The maximum absolute atomic E-state index is 14.4. The third kappa shape index (κ3) is 2.16. The van der Waals surface area contributed by atoms with Crippen LogP contribution in [-0.2, 0) is 6.42 Å². The van der Waals surface area contributed by atoms with E-state index in [0.29, 0.717) is 0 Å². The third-order valence-electron chi connectivity index (χ3n) is 3.83. The van der Waals surface area contributed by atoms with Gasteiger partial charge in [-0.25, -0.2) is 4.39 Å². The Morgan fingerprint density at radius 2 is 2.12 bits per heavy atom. The molecule has 0 radical (unpaired) electrons. The highest BCUT2D eigenvalue weighted by molar-refractivity contribution is 5.40. The molecule has 1 N–H and O–H groups in total. The first-order chi connectivity index (χ1) is 8.34. The summed E-state index contributed by atoms with van der Waals surface area (Å²) in [5, 5.41) is 3.28. The first kappa shape index (κ1) is 11.0. The van der Waals surface area contributed by atoms with Gasteiger partial charge in [-0.15, -0.1) is 0 Å². The van der Waals surface area contributed by atoms with Gasteiger partial charge in [0.2, 0.25) is 0 Å². The Bertz CT molecular complexity index is 401. The van der Waals surface area contributed by atoms with E-state index in [2.05, 4.69) is 5.32 Å². The van der Waals surface area contributed by atoms with E-state index in [9.17, 15) is 4.39 Å². The predicted molar refractivity (Wildman–Crippen MR) is 65.1 cm³/mol. The number of piperidine rings is 1. The molecule has 2 aliphatic rings. The Hall–Kier alpha value is -1.09. The summed E-state index contributed by atoms with van der Waals surface area (Å²) in [5.41, 5.74) is 2.00. The lowest BCUT2D eigenvalue weighted by Gasteiger charge is -2.26. The summed E-state index contributed by atoms with van der Waals surface area (Å²) < 4.78 is 19.9. The predicted octanol–water partition coefficient (Wildman–Crippen LogP) is 2.63. The summed E-state index contributed by atoms with van der Waals surface area (Å²) in [6, 6.07) is 5.80. The van der Waals surface area contributed by atoms with E-state index in [1.807, 2.05) is 18.2 Å². The van der Waals surface area contributed by atoms with Crippen molar-refractivity contribution < 1.29 is 9.13 Å². The minimum absolute atomic E-state index is 0.177. The molecule has 1 saturated heterocycles. The molecule has 2 nitrogen and oxygen atoms in total. The Morgan fingerprint density at radius 1 is 1.29 bits per heavy atom. The lowest BCUT2D eigenvalue weighted by Crippen LogP contribution is -2.29. The van der Waals surface area contributed by atoms with Gasteiger partial charge in [-0.3, -0.25) is 0 Å². The zero-order valence-corrected chi connectivity index (χ0v) is 9.92. The zero-order valence-electron chi connectivity index (χ0n) is 9.92. The van der Waals surface area contributed by atoms with Crippen LogP contribution in [0.15, 0.2) is 18.2 Å². The van der Waals surface area contributed by atoms with Crippen molar-refractivity contribution in [3.63, 3.8) is 0 Å². The van der Waals surface area contributed by atoms with Gasteiger partial charge in [0.1, 0.15) is 11.9 Å². The van der Waals surface area contributed by atoms with Crippen molar-refractivity contribution in [2.45, 2.75) is 25.4 Å². The van der Waals surface area contributed by atoms with Crippen LogP contribution in [0.2, 0.25) is 0 Å². The molecule has 1 aromatic carbocycles. The van der Waals surface area contributed by atoms with Gasteiger partial charge in [-0.2, -0.15) is 0 Å². The van der Waals surface area contributed by atoms with E-state index in [1.54, 1.807) is 0 Å². The van der Waals surface area contributed by atoms with Crippen molar-refractivity contribution in [1.82, 2.24) is 5.32 Å². The van der Waals surface area contributed by atoms with Crippen molar-refractivity contribution in [2.75, 3.05) is 19.7 Å². The molecule has 0 bridgehead atoms. The largest absolute Gasteiger partial charge is 0.493 e. The SMILES string of the molecule is FC(c1ccc2c(c1)CCO2)C1CCNCC1. The second-order valence-electron chi connectivity index (χ2n) is 4.95. The second-order valence-corrected chi connectivity index (χ2v) is 4.95. The number of fused-ring (bicyclic) bond motifs is 1. The zero-order chi connectivity index (χ0) is 11.7. The molecule has 0 spiro atoms. The van der Waals surface area contributed by atoms with Crippen molar-refractivity contribution >= 4 is 0 Å². The van der Waals surface area contributed by atoms with E-state index in [-0.39, 0.29) is 5.92 Å². The van der Waals surface area contributed by atoms with Gasteiger partial charge in [-0.1, -0.05) is 6.07 Å². The van der Waals surface area contributed by atoms with Crippen molar-refractivity contribution in [2.24, 2.45) is 5.92 Å². The summed E-state index contributed by atoms with van der Waals surface area (Å²) in [7, 11) is 0. The Labute approximate surface area is 101 Å². The summed E-state index contributed by atoms with van der Waals surface area (Å²) >= 11 is 0. The van der Waals surface area contributed by atoms with Crippen LogP contribution in [0.3, 0.4) is 0 Å². The minimum Gasteiger partial charge on any atom is -0.493 e. The highest BCUT2D eigenvalue weighted by Crippen LogP contribution is 2.35. The Balaban J connectivity index is 1.78. The maximum Gasteiger partial charge on any atom is 0.128 e. The third-order valence-corrected chi connectivity index (χ3v) is 3.83. The second kappa shape index (κ2) is 4.65. The molecule has 1 unspecified atom stereocenters. The molecular formula is C14H18FNO. The first-order valence-corrected chi connectivity index (χ1v) is 6.45. The minimum atomic E-state index is -0.817. The fourth-order valence-corrected chi connectivity index (χ4v) is 2.79. The molecule has 1 atom stereocenters. The van der Waals surface area contributed by atoms with Gasteiger partial charge < -0.3 is 10.1 Å². The molecule has 2 heterocycles. The lowest BCUT2D eigenvalue weighted by molar-refractivity contribution is 0.190. The molecule has 17 heavy (non-hydrogen) atoms. The number of rotatable bonds is 2. The fourth-order valence-electron chi connectivity index (χ4n) is 2.79. The lowest BCUT2D eigenvalue weighted by atomic mass is 9.88. The normalized spacial score (nSPS) is 21.9. The number of nitrogens with one attached hydrogen (secondary N) is 1. The van der Waals surface area contributed by atoms with E-state index < -0.39 is 6.17 Å². The topological polar surface area (TPSA) is 21.3 Å².